The number of urea groups is 1. The average molecular weight is 233 g/mol. The zero-order valence-electron chi connectivity index (χ0n) is 9.68. The first-order valence-electron chi connectivity index (χ1n) is 5.35. The van der Waals surface area contributed by atoms with Crippen molar-refractivity contribution >= 4 is 11.7 Å². The van der Waals surface area contributed by atoms with Gasteiger partial charge in [0, 0.05) is 23.7 Å². The molecule has 2 N–H and O–H groups in total. The van der Waals surface area contributed by atoms with Gasteiger partial charge in [-0.2, -0.15) is 0 Å². The maximum absolute atomic E-state index is 11.4. The normalized spacial score (nSPS) is 9.24. The fourth-order valence-corrected chi connectivity index (χ4v) is 1.21. The van der Waals surface area contributed by atoms with Crippen LogP contribution in [-0.2, 0) is 0 Å². The Morgan fingerprint density at radius 2 is 2.12 bits per heavy atom. The molecule has 0 unspecified atom stereocenters. The van der Waals surface area contributed by atoms with Gasteiger partial charge in [0.05, 0.1) is 0 Å². The highest BCUT2D eigenvalue weighted by Gasteiger charge is 1.99. The van der Waals surface area contributed by atoms with Crippen LogP contribution >= 0.6 is 0 Å². The molecule has 1 aromatic carbocycles. The fraction of sp³-hybridized carbons (Fsp3) is 0.364. The van der Waals surface area contributed by atoms with Gasteiger partial charge in [0.25, 0.3) is 0 Å². The summed E-state index contributed by atoms with van der Waals surface area (Å²) < 4.78 is 0. The molecule has 2 amide bonds. The third kappa shape index (κ3) is 5.44. The van der Waals surface area contributed by atoms with Gasteiger partial charge in [0.15, 0.2) is 0 Å². The Labute approximate surface area is 99.7 Å². The summed E-state index contributed by atoms with van der Waals surface area (Å²) in [6.45, 7) is 2.86. The molecule has 1 aromatic rings. The van der Waals surface area contributed by atoms with E-state index in [1.54, 1.807) is 0 Å². The van der Waals surface area contributed by atoms with Crippen LogP contribution in [0.2, 0.25) is 0 Å². The summed E-state index contributed by atoms with van der Waals surface area (Å²) >= 11 is 0. The van der Waals surface area contributed by atoms with Crippen molar-refractivity contribution in [1.82, 2.24) is 5.32 Å². The molecule has 0 aliphatic rings. The number of carbonyl (C=O) groups excluding carboxylic acids is 1. The molecule has 17 heavy (non-hydrogen) atoms. The Kier molecular flexibility index (Phi) is 5.40. The summed E-state index contributed by atoms with van der Waals surface area (Å²) in [7, 11) is 0. The first kappa shape index (κ1) is 12.9. The van der Waals surface area contributed by atoms with Crippen molar-refractivity contribution < 1.29 is 4.79 Å². The molecule has 6 nitrogen and oxygen atoms in total. The van der Waals surface area contributed by atoms with Crippen molar-refractivity contribution in [2.75, 3.05) is 18.4 Å². The SMILES string of the molecule is Cc1ccc(NC(=O)NCCCN=[N+]=[N-])cc1. The van der Waals surface area contributed by atoms with Crippen LogP contribution < -0.4 is 10.6 Å². The fourth-order valence-electron chi connectivity index (χ4n) is 1.21. The van der Waals surface area contributed by atoms with Gasteiger partial charge in [-0.15, -0.1) is 0 Å². The predicted molar refractivity (Wildman–Crippen MR) is 66.8 cm³/mol. The summed E-state index contributed by atoms with van der Waals surface area (Å²) in [5.74, 6) is 0. The molecule has 0 saturated heterocycles. The third-order valence-corrected chi connectivity index (χ3v) is 2.09. The lowest BCUT2D eigenvalue weighted by atomic mass is 10.2. The summed E-state index contributed by atoms with van der Waals surface area (Å²) in [5, 5.41) is 8.75. The van der Waals surface area contributed by atoms with Crippen LogP contribution in [0.15, 0.2) is 29.4 Å². The van der Waals surface area contributed by atoms with Gasteiger partial charge in [-0.3, -0.25) is 0 Å². The van der Waals surface area contributed by atoms with E-state index < -0.39 is 0 Å². The highest BCUT2D eigenvalue weighted by molar-refractivity contribution is 5.89. The van der Waals surface area contributed by atoms with Gasteiger partial charge < -0.3 is 10.6 Å². The van der Waals surface area contributed by atoms with E-state index in [2.05, 4.69) is 20.7 Å². The minimum atomic E-state index is -0.255. The van der Waals surface area contributed by atoms with Crippen molar-refractivity contribution in [3.63, 3.8) is 0 Å². The molecule has 1 rings (SSSR count). The molecule has 0 fully saturated rings. The van der Waals surface area contributed by atoms with Crippen molar-refractivity contribution in [3.8, 4) is 0 Å². The Bertz CT molecular complexity index is 408. The zero-order chi connectivity index (χ0) is 12.5. The second-order valence-electron chi connectivity index (χ2n) is 3.55. The summed E-state index contributed by atoms with van der Waals surface area (Å²) in [4.78, 5) is 14.0. The smallest absolute Gasteiger partial charge is 0.319 e. The Morgan fingerprint density at radius 1 is 1.41 bits per heavy atom. The zero-order valence-corrected chi connectivity index (χ0v) is 9.68. The molecular weight excluding hydrogens is 218 g/mol. The maximum Gasteiger partial charge on any atom is 0.319 e. The van der Waals surface area contributed by atoms with Crippen molar-refractivity contribution in [2.24, 2.45) is 5.11 Å². The van der Waals surface area contributed by atoms with Crippen LogP contribution in [0.3, 0.4) is 0 Å². The topological polar surface area (TPSA) is 89.9 Å². The predicted octanol–water partition coefficient (Wildman–Crippen LogP) is 2.82. The largest absolute Gasteiger partial charge is 0.338 e. The third-order valence-electron chi connectivity index (χ3n) is 2.09. The number of nitrogens with one attached hydrogen (secondary N) is 2. The first-order valence-corrected chi connectivity index (χ1v) is 5.35. The Morgan fingerprint density at radius 3 is 2.76 bits per heavy atom. The molecule has 0 bridgehead atoms. The van der Waals surface area contributed by atoms with E-state index in [1.807, 2.05) is 31.2 Å². The number of anilines is 1. The average Bonchev–Trinajstić information content (AvgIpc) is 2.32. The second-order valence-corrected chi connectivity index (χ2v) is 3.55. The van der Waals surface area contributed by atoms with Gasteiger partial charge in [-0.25, -0.2) is 4.79 Å². The highest BCUT2D eigenvalue weighted by Crippen LogP contribution is 2.07. The number of rotatable bonds is 5. The molecule has 0 saturated carbocycles. The van der Waals surface area contributed by atoms with Crippen molar-refractivity contribution in [3.05, 3.63) is 40.3 Å². The number of hydrogen-bond donors (Lipinski definition) is 2. The van der Waals surface area contributed by atoms with Gasteiger partial charge >= 0.3 is 6.03 Å². The Hall–Kier alpha value is -2.20. The second kappa shape index (κ2) is 7.14. The number of azide groups is 1. The van der Waals surface area contributed by atoms with Crippen LogP contribution in [0.1, 0.15) is 12.0 Å². The minimum absolute atomic E-state index is 0.255. The molecule has 6 heteroatoms. The van der Waals surface area contributed by atoms with Gasteiger partial charge in [0.1, 0.15) is 0 Å². The first-order chi connectivity index (χ1) is 8.22. The molecule has 0 heterocycles. The number of aryl methyl sites for hydroxylation is 1. The molecule has 0 aromatic heterocycles. The molecule has 0 aliphatic carbocycles. The molecule has 90 valence electrons. The van der Waals surface area contributed by atoms with E-state index in [1.165, 1.54) is 0 Å². The van der Waals surface area contributed by atoms with E-state index >= 15 is 0 Å². The number of carbonyl (C=O) groups is 1. The number of benzene rings is 1. The highest BCUT2D eigenvalue weighted by atomic mass is 16.2. The molecule has 0 spiro atoms. The van der Waals surface area contributed by atoms with E-state index in [4.69, 9.17) is 5.53 Å². The van der Waals surface area contributed by atoms with Crippen LogP contribution in [-0.4, -0.2) is 19.1 Å². The molecule has 0 atom stereocenters. The molecular formula is C11H15N5O. The maximum atomic E-state index is 11.4. The van der Waals surface area contributed by atoms with Crippen LogP contribution in [0.5, 0.6) is 0 Å². The van der Waals surface area contributed by atoms with Crippen molar-refractivity contribution in [1.29, 1.82) is 0 Å². The Balaban J connectivity index is 2.25. The monoisotopic (exact) mass is 233 g/mol. The van der Waals surface area contributed by atoms with Crippen LogP contribution in [0.4, 0.5) is 10.5 Å². The minimum Gasteiger partial charge on any atom is -0.338 e. The van der Waals surface area contributed by atoms with Gasteiger partial charge in [-0.05, 0) is 31.0 Å². The number of hydrogen-bond acceptors (Lipinski definition) is 2. The van der Waals surface area contributed by atoms with Gasteiger partial charge in [-0.1, -0.05) is 22.8 Å². The van der Waals surface area contributed by atoms with E-state index in [-0.39, 0.29) is 6.03 Å². The van der Waals surface area contributed by atoms with Crippen LogP contribution in [0, 0.1) is 6.92 Å². The quantitative estimate of drug-likeness (QED) is 0.348. The van der Waals surface area contributed by atoms with E-state index in [9.17, 15) is 4.79 Å². The summed E-state index contributed by atoms with van der Waals surface area (Å²) in [6.07, 6.45) is 0.630. The lowest BCUT2D eigenvalue weighted by molar-refractivity contribution is 0.252. The summed E-state index contributed by atoms with van der Waals surface area (Å²) in [5.41, 5.74) is 9.95. The number of amides is 2. The van der Waals surface area contributed by atoms with Crippen molar-refractivity contribution in [2.45, 2.75) is 13.3 Å². The molecule has 0 aliphatic heterocycles. The van der Waals surface area contributed by atoms with Crippen LogP contribution in [0.25, 0.3) is 10.4 Å². The number of nitrogens with zero attached hydrogens (tertiary/aromatic N) is 3. The standard InChI is InChI=1S/C11H15N5O/c1-9-3-5-10(6-4-9)15-11(17)13-7-2-8-14-16-12/h3-6H,2,7-8H2,1H3,(H2,13,15,17). The van der Waals surface area contributed by atoms with Gasteiger partial charge in [0.2, 0.25) is 0 Å². The lowest BCUT2D eigenvalue weighted by Crippen LogP contribution is -2.29. The van der Waals surface area contributed by atoms with E-state index in [0.29, 0.717) is 19.5 Å². The lowest BCUT2D eigenvalue weighted by Gasteiger charge is -2.06. The molecule has 0 radical (unpaired) electrons. The van der Waals surface area contributed by atoms with E-state index in [0.717, 1.165) is 11.3 Å². The summed E-state index contributed by atoms with van der Waals surface area (Å²) in [6, 6.07) is 7.29.